The maximum absolute atomic E-state index is 12.8. The van der Waals surface area contributed by atoms with Crippen LogP contribution in [0, 0.1) is 11.8 Å². The molecule has 0 aliphatic heterocycles. The predicted octanol–water partition coefficient (Wildman–Crippen LogP) is 17.7. The fourth-order valence-electron chi connectivity index (χ4n) is 8.34. The van der Waals surface area contributed by atoms with Crippen molar-refractivity contribution in [2.75, 3.05) is 13.2 Å². The van der Waals surface area contributed by atoms with Crippen molar-refractivity contribution in [1.82, 2.24) is 0 Å². The van der Waals surface area contributed by atoms with E-state index >= 15 is 0 Å². The molecule has 0 aromatic heterocycles. The van der Waals surface area contributed by atoms with E-state index in [-0.39, 0.29) is 31.1 Å². The molecule has 61 heavy (non-hydrogen) atoms. The fourth-order valence-corrected chi connectivity index (χ4v) is 8.34. The van der Waals surface area contributed by atoms with Crippen molar-refractivity contribution in [1.29, 1.82) is 0 Å². The third-order valence-electron chi connectivity index (χ3n) is 12.5. The Balaban J connectivity index is 4.24. The molecule has 6 nitrogen and oxygen atoms in total. The lowest BCUT2D eigenvalue weighted by Gasteiger charge is -2.18. The van der Waals surface area contributed by atoms with E-state index in [1.54, 1.807) is 0 Å². The summed E-state index contributed by atoms with van der Waals surface area (Å²) in [5.41, 5.74) is 0. The van der Waals surface area contributed by atoms with Gasteiger partial charge in [-0.1, -0.05) is 266 Å². The Hall–Kier alpha value is -1.59. The zero-order valence-corrected chi connectivity index (χ0v) is 41.8. The average Bonchev–Trinajstić information content (AvgIpc) is 3.23. The topological polar surface area (TPSA) is 78.9 Å². The fraction of sp³-hybridized carbons (Fsp3) is 0.945. The van der Waals surface area contributed by atoms with Crippen LogP contribution in [0.15, 0.2) is 0 Å². The lowest BCUT2D eigenvalue weighted by molar-refractivity contribution is -0.167. The molecule has 0 N–H and O–H groups in total. The Kier molecular flexibility index (Phi) is 46.6. The maximum Gasteiger partial charge on any atom is 0.306 e. The van der Waals surface area contributed by atoms with Crippen molar-refractivity contribution in [2.24, 2.45) is 11.8 Å². The van der Waals surface area contributed by atoms with Gasteiger partial charge in [-0.3, -0.25) is 14.4 Å². The average molecular weight is 863 g/mol. The molecule has 362 valence electrons. The van der Waals surface area contributed by atoms with E-state index < -0.39 is 6.10 Å². The molecule has 0 radical (unpaired) electrons. The van der Waals surface area contributed by atoms with Crippen LogP contribution in [0.25, 0.3) is 0 Å². The van der Waals surface area contributed by atoms with Gasteiger partial charge in [0.05, 0.1) is 0 Å². The summed E-state index contributed by atoms with van der Waals surface area (Å²) in [7, 11) is 0. The van der Waals surface area contributed by atoms with E-state index in [0.717, 1.165) is 69.6 Å². The highest BCUT2D eigenvalue weighted by molar-refractivity contribution is 5.71. The molecule has 0 unspecified atom stereocenters. The number of ether oxygens (including phenoxy) is 3. The van der Waals surface area contributed by atoms with Crippen molar-refractivity contribution in [2.45, 2.75) is 310 Å². The van der Waals surface area contributed by atoms with Crippen LogP contribution in [-0.4, -0.2) is 37.2 Å². The first kappa shape index (κ1) is 59.4. The van der Waals surface area contributed by atoms with E-state index in [2.05, 4.69) is 34.6 Å². The first-order chi connectivity index (χ1) is 29.7. The first-order valence-electron chi connectivity index (χ1n) is 27.2. The number of carbonyl (C=O) groups is 3. The zero-order valence-electron chi connectivity index (χ0n) is 41.8. The third-order valence-corrected chi connectivity index (χ3v) is 12.5. The Bertz CT molecular complexity index is 931. The van der Waals surface area contributed by atoms with E-state index in [1.807, 2.05) is 0 Å². The van der Waals surface area contributed by atoms with Crippen LogP contribution in [0.4, 0.5) is 0 Å². The second-order valence-electron chi connectivity index (χ2n) is 19.8. The van der Waals surface area contributed by atoms with E-state index in [9.17, 15) is 14.4 Å². The van der Waals surface area contributed by atoms with Crippen LogP contribution < -0.4 is 0 Å². The minimum Gasteiger partial charge on any atom is -0.462 e. The molecule has 0 saturated heterocycles. The van der Waals surface area contributed by atoms with Crippen LogP contribution in [0.1, 0.15) is 304 Å². The molecule has 6 heteroatoms. The van der Waals surface area contributed by atoms with Crippen molar-refractivity contribution in [3.63, 3.8) is 0 Å². The van der Waals surface area contributed by atoms with Crippen molar-refractivity contribution >= 4 is 17.9 Å². The second kappa shape index (κ2) is 47.9. The summed E-state index contributed by atoms with van der Waals surface area (Å²) in [6.07, 6.45) is 49.5. The summed E-state index contributed by atoms with van der Waals surface area (Å²) >= 11 is 0. The molecule has 0 aromatic rings. The quantitative estimate of drug-likeness (QED) is 0.0344. The SMILES string of the molecule is CCCCCCCCCCCCCC(=O)O[C@H](COC(=O)CCCCCCCCCCCCCCCCCCC(C)C)COC(=O)CCCCCCCCCCCCC(C)C. The lowest BCUT2D eigenvalue weighted by Crippen LogP contribution is -2.30. The molecule has 0 aliphatic carbocycles. The molecule has 0 fully saturated rings. The minimum atomic E-state index is -0.761. The summed E-state index contributed by atoms with van der Waals surface area (Å²) in [5, 5.41) is 0. The highest BCUT2D eigenvalue weighted by Crippen LogP contribution is 2.18. The van der Waals surface area contributed by atoms with Crippen molar-refractivity contribution in [3.05, 3.63) is 0 Å². The van der Waals surface area contributed by atoms with Gasteiger partial charge in [-0.15, -0.1) is 0 Å². The van der Waals surface area contributed by atoms with E-state index in [1.165, 1.54) is 193 Å². The number of unbranched alkanes of at least 4 members (excludes halogenated alkanes) is 34. The summed E-state index contributed by atoms with van der Waals surface area (Å²) in [5.74, 6) is 0.826. The Morgan fingerprint density at radius 1 is 0.311 bits per heavy atom. The molecular formula is C55H106O6. The third kappa shape index (κ3) is 49.3. The molecule has 0 aliphatic rings. The highest BCUT2D eigenvalue weighted by atomic mass is 16.6. The number of hydrogen-bond acceptors (Lipinski definition) is 6. The summed E-state index contributed by atoms with van der Waals surface area (Å²) in [6, 6.07) is 0. The van der Waals surface area contributed by atoms with Crippen molar-refractivity contribution in [3.8, 4) is 0 Å². The number of esters is 3. The maximum atomic E-state index is 12.8. The monoisotopic (exact) mass is 863 g/mol. The Labute approximate surface area is 380 Å². The molecule has 0 bridgehead atoms. The molecule has 0 spiro atoms. The van der Waals surface area contributed by atoms with Crippen LogP contribution in [0.2, 0.25) is 0 Å². The molecule has 1 atom stereocenters. The smallest absolute Gasteiger partial charge is 0.306 e. The van der Waals surface area contributed by atoms with Crippen molar-refractivity contribution < 1.29 is 28.6 Å². The summed E-state index contributed by atoms with van der Waals surface area (Å²) < 4.78 is 16.8. The van der Waals surface area contributed by atoms with Crippen LogP contribution in [0.5, 0.6) is 0 Å². The number of hydrogen-bond donors (Lipinski definition) is 0. The van der Waals surface area contributed by atoms with Gasteiger partial charge in [0.1, 0.15) is 13.2 Å². The molecule has 0 amide bonds. The molecule has 0 heterocycles. The second-order valence-corrected chi connectivity index (χ2v) is 19.8. The van der Waals surface area contributed by atoms with Gasteiger partial charge in [0.2, 0.25) is 0 Å². The van der Waals surface area contributed by atoms with Gasteiger partial charge < -0.3 is 14.2 Å². The van der Waals surface area contributed by atoms with Gasteiger partial charge in [-0.25, -0.2) is 0 Å². The van der Waals surface area contributed by atoms with Gasteiger partial charge in [-0.2, -0.15) is 0 Å². The lowest BCUT2D eigenvalue weighted by atomic mass is 10.0. The number of rotatable bonds is 49. The van der Waals surface area contributed by atoms with Crippen LogP contribution in [-0.2, 0) is 28.6 Å². The summed E-state index contributed by atoms with van der Waals surface area (Å²) in [4.78, 5) is 38.0. The summed E-state index contributed by atoms with van der Waals surface area (Å²) in [6.45, 7) is 11.4. The largest absolute Gasteiger partial charge is 0.462 e. The molecular weight excluding hydrogens is 757 g/mol. The van der Waals surface area contributed by atoms with Gasteiger partial charge in [0.25, 0.3) is 0 Å². The Morgan fingerprint density at radius 3 is 0.803 bits per heavy atom. The van der Waals surface area contributed by atoms with E-state index in [0.29, 0.717) is 19.3 Å². The highest BCUT2D eigenvalue weighted by Gasteiger charge is 2.19. The Morgan fingerprint density at radius 2 is 0.541 bits per heavy atom. The predicted molar refractivity (Wildman–Crippen MR) is 261 cm³/mol. The zero-order chi connectivity index (χ0) is 44.7. The molecule has 0 saturated carbocycles. The van der Waals surface area contributed by atoms with Gasteiger partial charge >= 0.3 is 17.9 Å². The normalized spacial score (nSPS) is 12.0. The van der Waals surface area contributed by atoms with Gasteiger partial charge in [0.15, 0.2) is 6.10 Å². The standard InChI is InChI=1S/C55H106O6/c1-6-7-8-9-10-11-18-27-32-37-42-47-55(58)61-52(49-60-54(57)46-41-36-31-26-22-21-24-29-34-39-44-51(4)5)48-59-53(56)45-40-35-30-25-20-17-15-13-12-14-16-19-23-28-33-38-43-50(2)3/h50-52H,6-49H2,1-5H3/t52-/m1/s1. The first-order valence-corrected chi connectivity index (χ1v) is 27.2. The van der Waals surface area contributed by atoms with Crippen LogP contribution in [0.3, 0.4) is 0 Å². The molecule has 0 rings (SSSR count). The number of carbonyl (C=O) groups excluding carboxylic acids is 3. The molecule has 0 aromatic carbocycles. The van der Waals surface area contributed by atoms with E-state index in [4.69, 9.17) is 14.2 Å². The van der Waals surface area contributed by atoms with Crippen LogP contribution >= 0.6 is 0 Å². The van der Waals surface area contributed by atoms with Gasteiger partial charge in [0, 0.05) is 19.3 Å². The van der Waals surface area contributed by atoms with Gasteiger partial charge in [-0.05, 0) is 31.1 Å². The minimum absolute atomic E-state index is 0.0632.